The summed E-state index contributed by atoms with van der Waals surface area (Å²) in [6, 6.07) is 11.4. The zero-order chi connectivity index (χ0) is 18.0. The smallest absolute Gasteiger partial charge is 0.191 e. The van der Waals surface area contributed by atoms with Crippen LogP contribution in [0.25, 0.3) is 0 Å². The summed E-state index contributed by atoms with van der Waals surface area (Å²) in [5.74, 6) is 0.980. The van der Waals surface area contributed by atoms with E-state index in [-0.39, 0.29) is 24.0 Å². The predicted molar refractivity (Wildman–Crippen MR) is 126 cm³/mol. The molecule has 152 valence electrons. The molecule has 0 atom stereocenters. The average Bonchev–Trinajstić information content (AvgIpc) is 3.21. The van der Waals surface area contributed by atoms with Gasteiger partial charge in [-0.05, 0) is 44.4 Å². The van der Waals surface area contributed by atoms with E-state index < -0.39 is 0 Å². The van der Waals surface area contributed by atoms with Gasteiger partial charge in [-0.1, -0.05) is 31.0 Å². The Morgan fingerprint density at radius 2 is 1.74 bits per heavy atom. The Morgan fingerprint density at radius 3 is 2.41 bits per heavy atom. The number of unbranched alkanes of at least 4 members (excludes halogenated alkanes) is 1. The molecule has 0 radical (unpaired) electrons. The van der Waals surface area contributed by atoms with Crippen molar-refractivity contribution in [2.24, 2.45) is 4.99 Å². The highest BCUT2D eigenvalue weighted by atomic mass is 127. The minimum absolute atomic E-state index is 0. The number of hydrogen-bond acceptors (Lipinski definition) is 3. The van der Waals surface area contributed by atoms with Gasteiger partial charge in [0.05, 0.1) is 0 Å². The lowest BCUT2D eigenvalue weighted by Gasteiger charge is -2.36. The molecule has 6 heteroatoms. The van der Waals surface area contributed by atoms with Crippen LogP contribution in [0.15, 0.2) is 35.3 Å². The van der Waals surface area contributed by atoms with E-state index in [1.54, 1.807) is 0 Å². The zero-order valence-electron chi connectivity index (χ0n) is 16.7. The van der Waals surface area contributed by atoms with E-state index in [4.69, 9.17) is 0 Å². The first-order chi connectivity index (χ1) is 12.8. The van der Waals surface area contributed by atoms with E-state index in [0.717, 1.165) is 25.6 Å². The Kier molecular flexibility index (Phi) is 10.3. The topological polar surface area (TPSA) is 42.9 Å². The molecule has 1 aromatic carbocycles. The molecule has 2 aliphatic rings. The van der Waals surface area contributed by atoms with Crippen molar-refractivity contribution >= 4 is 35.6 Å². The average molecular weight is 485 g/mol. The fourth-order valence-corrected chi connectivity index (χ4v) is 3.99. The lowest BCUT2D eigenvalue weighted by Crippen LogP contribution is -2.46. The number of nitrogens with zero attached hydrogens (tertiary/aromatic N) is 3. The molecule has 2 fully saturated rings. The van der Waals surface area contributed by atoms with Crippen LogP contribution in [-0.2, 0) is 0 Å². The minimum Gasteiger partial charge on any atom is -0.369 e. The summed E-state index contributed by atoms with van der Waals surface area (Å²) in [4.78, 5) is 9.45. The molecule has 3 rings (SSSR count). The Bertz CT molecular complexity index is 537. The maximum absolute atomic E-state index is 4.35. The van der Waals surface area contributed by atoms with Gasteiger partial charge in [0, 0.05) is 51.5 Å². The van der Waals surface area contributed by atoms with E-state index in [9.17, 15) is 0 Å². The van der Waals surface area contributed by atoms with Crippen molar-refractivity contribution in [2.45, 2.75) is 44.6 Å². The molecular weight excluding hydrogens is 449 g/mol. The summed E-state index contributed by atoms with van der Waals surface area (Å²) in [6.07, 6.45) is 7.73. The van der Waals surface area contributed by atoms with Crippen molar-refractivity contribution in [1.29, 1.82) is 0 Å². The number of guanidine groups is 1. The molecule has 0 amide bonds. The highest BCUT2D eigenvalue weighted by Gasteiger charge is 2.17. The monoisotopic (exact) mass is 485 g/mol. The Balaban J connectivity index is 0.00000261. The SMILES string of the molecule is CN=C(NCCCCN1CCN(c2ccccc2)CC1)NC1CCCC1.I. The maximum atomic E-state index is 4.35. The molecule has 0 aromatic heterocycles. The van der Waals surface area contributed by atoms with E-state index in [1.165, 1.54) is 63.8 Å². The second-order valence-electron chi connectivity index (χ2n) is 7.50. The Hall–Kier alpha value is -1.02. The summed E-state index contributed by atoms with van der Waals surface area (Å²) >= 11 is 0. The third kappa shape index (κ3) is 7.49. The van der Waals surface area contributed by atoms with Gasteiger partial charge in [0.15, 0.2) is 5.96 Å². The van der Waals surface area contributed by atoms with Crippen LogP contribution >= 0.6 is 24.0 Å². The summed E-state index contributed by atoms with van der Waals surface area (Å²) in [5, 5.41) is 7.02. The molecule has 1 aliphatic carbocycles. The second-order valence-corrected chi connectivity index (χ2v) is 7.50. The van der Waals surface area contributed by atoms with Gasteiger partial charge in [0.1, 0.15) is 0 Å². The fourth-order valence-electron chi connectivity index (χ4n) is 3.99. The lowest BCUT2D eigenvalue weighted by molar-refractivity contribution is 0.253. The van der Waals surface area contributed by atoms with Crippen LogP contribution in [0.1, 0.15) is 38.5 Å². The van der Waals surface area contributed by atoms with Crippen molar-refractivity contribution < 1.29 is 0 Å². The number of hydrogen-bond donors (Lipinski definition) is 2. The molecule has 5 nitrogen and oxygen atoms in total. The van der Waals surface area contributed by atoms with Crippen LogP contribution in [-0.4, -0.2) is 63.2 Å². The first-order valence-corrected chi connectivity index (χ1v) is 10.3. The summed E-state index contributed by atoms with van der Waals surface area (Å²) < 4.78 is 0. The molecule has 27 heavy (non-hydrogen) atoms. The van der Waals surface area contributed by atoms with Gasteiger partial charge in [-0.3, -0.25) is 9.89 Å². The van der Waals surface area contributed by atoms with E-state index in [1.807, 2.05) is 7.05 Å². The van der Waals surface area contributed by atoms with Crippen molar-refractivity contribution in [3.63, 3.8) is 0 Å². The molecule has 1 aromatic rings. The van der Waals surface area contributed by atoms with Crippen LogP contribution in [0.4, 0.5) is 5.69 Å². The van der Waals surface area contributed by atoms with Crippen LogP contribution in [0.3, 0.4) is 0 Å². The van der Waals surface area contributed by atoms with Gasteiger partial charge in [0.2, 0.25) is 0 Å². The summed E-state index contributed by atoms with van der Waals surface area (Å²) in [7, 11) is 1.87. The number of para-hydroxylation sites is 1. The number of halogens is 1. The first-order valence-electron chi connectivity index (χ1n) is 10.3. The number of piperazine rings is 1. The van der Waals surface area contributed by atoms with Gasteiger partial charge in [-0.2, -0.15) is 0 Å². The number of nitrogens with one attached hydrogen (secondary N) is 2. The third-order valence-corrected chi connectivity index (χ3v) is 5.61. The van der Waals surface area contributed by atoms with Crippen molar-refractivity contribution in [1.82, 2.24) is 15.5 Å². The zero-order valence-corrected chi connectivity index (χ0v) is 19.0. The van der Waals surface area contributed by atoms with Crippen molar-refractivity contribution in [3.05, 3.63) is 30.3 Å². The van der Waals surface area contributed by atoms with Gasteiger partial charge in [0.25, 0.3) is 0 Å². The number of benzene rings is 1. The molecule has 1 saturated heterocycles. The van der Waals surface area contributed by atoms with E-state index in [0.29, 0.717) is 6.04 Å². The van der Waals surface area contributed by atoms with Crippen LogP contribution < -0.4 is 15.5 Å². The summed E-state index contributed by atoms with van der Waals surface area (Å²) in [5.41, 5.74) is 1.36. The quantitative estimate of drug-likeness (QED) is 0.269. The third-order valence-electron chi connectivity index (χ3n) is 5.61. The largest absolute Gasteiger partial charge is 0.369 e. The normalized spacial score (nSPS) is 19.0. The molecule has 0 spiro atoms. The molecule has 2 N–H and O–H groups in total. The molecule has 0 unspecified atom stereocenters. The molecular formula is C21H36IN5. The van der Waals surface area contributed by atoms with Crippen LogP contribution in [0.5, 0.6) is 0 Å². The Morgan fingerprint density at radius 1 is 1.04 bits per heavy atom. The number of aliphatic imine (C=N–C) groups is 1. The molecule has 1 heterocycles. The van der Waals surface area contributed by atoms with E-state index >= 15 is 0 Å². The molecule has 0 bridgehead atoms. The number of rotatable bonds is 7. The highest BCUT2D eigenvalue weighted by Crippen LogP contribution is 2.17. The summed E-state index contributed by atoms with van der Waals surface area (Å²) in [6.45, 7) is 6.84. The van der Waals surface area contributed by atoms with Gasteiger partial charge < -0.3 is 15.5 Å². The van der Waals surface area contributed by atoms with E-state index in [2.05, 4.69) is 55.8 Å². The fraction of sp³-hybridized carbons (Fsp3) is 0.667. The highest BCUT2D eigenvalue weighted by molar-refractivity contribution is 14.0. The first kappa shape index (κ1) is 22.3. The van der Waals surface area contributed by atoms with Crippen molar-refractivity contribution in [2.75, 3.05) is 51.2 Å². The Labute approximate surface area is 182 Å². The van der Waals surface area contributed by atoms with Crippen LogP contribution in [0, 0.1) is 0 Å². The molecule has 1 saturated carbocycles. The number of anilines is 1. The minimum atomic E-state index is 0. The maximum Gasteiger partial charge on any atom is 0.191 e. The lowest BCUT2D eigenvalue weighted by atomic mass is 10.2. The standard InChI is InChI=1S/C21H35N5.HI/c1-22-21(24-19-9-5-6-10-19)23-13-7-8-14-25-15-17-26(18-16-25)20-11-3-2-4-12-20;/h2-4,11-12,19H,5-10,13-18H2,1H3,(H2,22,23,24);1H. The van der Waals surface area contributed by atoms with Gasteiger partial charge in [-0.25, -0.2) is 0 Å². The molecule has 1 aliphatic heterocycles. The second kappa shape index (κ2) is 12.4. The van der Waals surface area contributed by atoms with Gasteiger partial charge in [-0.15, -0.1) is 24.0 Å². The predicted octanol–water partition coefficient (Wildman–Crippen LogP) is 3.31. The van der Waals surface area contributed by atoms with Crippen molar-refractivity contribution in [3.8, 4) is 0 Å². The van der Waals surface area contributed by atoms with Crippen LogP contribution in [0.2, 0.25) is 0 Å². The van der Waals surface area contributed by atoms with Gasteiger partial charge >= 0.3 is 0 Å².